The summed E-state index contributed by atoms with van der Waals surface area (Å²) >= 11 is 6.90. The fourth-order valence-corrected chi connectivity index (χ4v) is 0. The lowest BCUT2D eigenvalue weighted by molar-refractivity contribution is 4.59. The van der Waals surface area contributed by atoms with Gasteiger partial charge >= 0.3 is 0 Å². The molecule has 0 heterocycles. The Labute approximate surface area is 73.2 Å². The summed E-state index contributed by atoms with van der Waals surface area (Å²) in [7, 11) is 0. The number of hydrogen-bond donors (Lipinski definition) is 0. The maximum atomic E-state index is 2.33. The number of rotatable bonds is 1. The van der Waals surface area contributed by atoms with Crippen LogP contribution in [0.3, 0.4) is 0 Å². The molecule has 0 bridgehead atoms. The largest absolute Gasteiger partial charge is 0.262 e. The SMILES string of the molecule is I[B]B(I)I. The molecule has 0 nitrogen and oxygen atoms in total. The molecule has 0 aromatic heterocycles. The Morgan fingerprint density at radius 3 is 1.60 bits per heavy atom. The van der Waals surface area contributed by atoms with Gasteiger partial charge in [0.25, 0.3) is 2.32 Å². The molecule has 0 aromatic rings. The monoisotopic (exact) mass is 403 g/mol. The zero-order valence-electron chi connectivity index (χ0n) is 2.29. The van der Waals surface area contributed by atoms with Gasteiger partial charge in [-0.3, -0.25) is 0 Å². The van der Waals surface area contributed by atoms with Gasteiger partial charge in [-0.2, -0.15) is 22.4 Å². The quantitative estimate of drug-likeness (QED) is 0.464. The van der Waals surface area contributed by atoms with Gasteiger partial charge in [0.15, 0.2) is 5.03 Å². The van der Waals surface area contributed by atoms with Crippen molar-refractivity contribution in [1.82, 2.24) is 0 Å². The molecule has 1 radical (unpaired) electrons. The van der Waals surface area contributed by atoms with Crippen molar-refractivity contribution < 1.29 is 0 Å². The smallest absolute Gasteiger partial charge is 0.167 e. The molecule has 0 saturated carbocycles. The molecule has 0 amide bonds. The Morgan fingerprint density at radius 1 is 1.40 bits per heavy atom. The van der Waals surface area contributed by atoms with E-state index in [0.717, 1.165) is 0 Å². The second kappa shape index (κ2) is 4.48. The molecular formula is B2I3. The van der Waals surface area contributed by atoms with Crippen LogP contribution < -0.4 is 0 Å². The van der Waals surface area contributed by atoms with Gasteiger partial charge < -0.3 is 0 Å². The second-order valence-electron chi connectivity index (χ2n) is 0.460. The molecule has 0 rings (SSSR count). The van der Waals surface area contributed by atoms with Gasteiger partial charge in [-0.1, -0.05) is 0 Å². The van der Waals surface area contributed by atoms with Gasteiger partial charge in [0.1, 0.15) is 0 Å². The van der Waals surface area contributed by atoms with E-state index in [4.69, 9.17) is 0 Å². The lowest BCUT2D eigenvalue weighted by Crippen LogP contribution is -1.93. The summed E-state index contributed by atoms with van der Waals surface area (Å²) in [6.45, 7) is 0. The van der Waals surface area contributed by atoms with E-state index in [-0.39, 0.29) is 0 Å². The van der Waals surface area contributed by atoms with E-state index in [1.807, 2.05) is 0 Å². The van der Waals surface area contributed by atoms with Gasteiger partial charge in [-0.15, -0.1) is 44.7 Å². The first-order chi connectivity index (χ1) is 2.27. The fraction of sp³-hybridized carbons (Fsp3) is 0. The topological polar surface area (TPSA) is 0 Å². The Kier molecular flexibility index (Phi) is 6.56. The minimum absolute atomic E-state index is 0.686. The standard InChI is InChI=1S/B2I3/c3-1-2(4)5. The molecular weight excluding hydrogens is 402 g/mol. The van der Waals surface area contributed by atoms with Crippen molar-refractivity contribution in [2.75, 3.05) is 0 Å². The fourth-order valence-electron chi connectivity index (χ4n) is 0. The van der Waals surface area contributed by atoms with E-state index in [9.17, 15) is 0 Å². The normalized spacial score (nSPS) is 7.00. The molecule has 0 aliphatic heterocycles. The van der Waals surface area contributed by atoms with Crippen LogP contribution in [0.25, 0.3) is 0 Å². The van der Waals surface area contributed by atoms with Crippen LogP contribution in [0.2, 0.25) is 0 Å². The van der Waals surface area contributed by atoms with Crippen molar-refractivity contribution in [3.63, 3.8) is 0 Å². The molecule has 27 valence electrons. The van der Waals surface area contributed by atoms with Crippen LogP contribution in [0.15, 0.2) is 0 Å². The van der Waals surface area contributed by atoms with Crippen LogP contribution in [0, 0.1) is 0 Å². The van der Waals surface area contributed by atoms with Crippen LogP contribution in [-0.2, 0) is 0 Å². The summed E-state index contributed by atoms with van der Waals surface area (Å²) in [4.78, 5) is 0. The summed E-state index contributed by atoms with van der Waals surface area (Å²) in [5, 5.41) is 2.11. The third kappa shape index (κ3) is 6.32. The molecule has 5 heteroatoms. The Balaban J connectivity index is 2.54. The highest BCUT2D eigenvalue weighted by molar-refractivity contribution is 14.3. The zero-order valence-corrected chi connectivity index (χ0v) is 8.76. The zero-order chi connectivity index (χ0) is 4.28. The van der Waals surface area contributed by atoms with Crippen LogP contribution in [0.1, 0.15) is 0 Å². The number of hydrogen-bond acceptors (Lipinski definition) is 0. The minimum atomic E-state index is 0.686. The third-order valence-corrected chi connectivity index (χ3v) is 4.29. The molecule has 0 atom stereocenters. The highest BCUT2D eigenvalue weighted by Crippen LogP contribution is 2.03. The number of halogens is 3. The highest BCUT2D eigenvalue weighted by atomic mass is 127. The van der Waals surface area contributed by atoms with E-state index >= 15 is 0 Å². The molecule has 0 aliphatic carbocycles. The average molecular weight is 402 g/mol. The summed E-state index contributed by atoms with van der Waals surface area (Å²) in [5.74, 6) is 0. The van der Waals surface area contributed by atoms with Crippen molar-refractivity contribution in [3.8, 4) is 0 Å². The molecule has 0 fully saturated rings. The first-order valence-corrected chi connectivity index (χ1v) is 4.72. The maximum absolute atomic E-state index is 2.33. The van der Waals surface area contributed by atoms with Crippen LogP contribution in [0.4, 0.5) is 0 Å². The molecule has 0 aromatic carbocycles. The third-order valence-electron chi connectivity index (χ3n) is 0.0952. The van der Waals surface area contributed by atoms with Gasteiger partial charge in [-0.05, 0) is 0 Å². The maximum Gasteiger partial charge on any atom is 0.262 e. The van der Waals surface area contributed by atoms with Gasteiger partial charge in [0, 0.05) is 0 Å². The first kappa shape index (κ1) is 7.32. The molecule has 0 unspecified atom stereocenters. The van der Waals surface area contributed by atoms with Crippen molar-refractivity contribution in [1.29, 1.82) is 0 Å². The lowest BCUT2D eigenvalue weighted by atomic mass is 9.80. The summed E-state index contributed by atoms with van der Waals surface area (Å²) < 4.78 is 0.686. The predicted octanol–water partition coefficient (Wildman–Crippen LogP) is 1.90. The van der Waals surface area contributed by atoms with E-state index in [2.05, 4.69) is 72.1 Å². The lowest BCUT2D eigenvalue weighted by Gasteiger charge is -1.75. The van der Waals surface area contributed by atoms with Crippen LogP contribution in [0.5, 0.6) is 0 Å². The second-order valence-corrected chi connectivity index (χ2v) is 6.25. The van der Waals surface area contributed by atoms with E-state index in [0.29, 0.717) is 2.32 Å². The Morgan fingerprint density at radius 2 is 1.60 bits per heavy atom. The van der Waals surface area contributed by atoms with E-state index < -0.39 is 0 Å². The van der Waals surface area contributed by atoms with Crippen LogP contribution >= 0.6 is 67.1 Å². The van der Waals surface area contributed by atoms with Crippen molar-refractivity contribution in [2.45, 2.75) is 0 Å². The van der Waals surface area contributed by atoms with Gasteiger partial charge in [-0.25, -0.2) is 0 Å². The molecule has 0 saturated heterocycles. The van der Waals surface area contributed by atoms with E-state index in [1.165, 1.54) is 0 Å². The van der Waals surface area contributed by atoms with E-state index in [1.54, 1.807) is 0 Å². The average Bonchev–Trinajstić information content (AvgIpc) is 1.38. The summed E-state index contributed by atoms with van der Waals surface area (Å²) in [5.41, 5.74) is 0. The Bertz CT molecular complexity index is 18.9. The van der Waals surface area contributed by atoms with Crippen molar-refractivity contribution in [2.24, 2.45) is 0 Å². The van der Waals surface area contributed by atoms with Crippen LogP contribution in [-0.4, -0.2) is 7.34 Å². The summed E-state index contributed by atoms with van der Waals surface area (Å²) in [6.07, 6.45) is 0. The van der Waals surface area contributed by atoms with Crippen molar-refractivity contribution in [3.05, 3.63) is 0 Å². The minimum Gasteiger partial charge on any atom is -0.167 e. The predicted molar refractivity (Wildman–Crippen MR) is 53.6 cm³/mol. The first-order valence-electron chi connectivity index (χ1n) is 0.988. The van der Waals surface area contributed by atoms with Crippen molar-refractivity contribution >= 4 is 74.5 Å². The molecule has 0 N–H and O–H groups in total. The molecule has 0 spiro atoms. The highest BCUT2D eigenvalue weighted by Gasteiger charge is 1.97. The molecule has 5 heavy (non-hydrogen) atoms. The van der Waals surface area contributed by atoms with Gasteiger partial charge in [0.05, 0.1) is 0 Å². The van der Waals surface area contributed by atoms with Gasteiger partial charge in [0.2, 0.25) is 0 Å². The Hall–Kier alpha value is 2.32. The molecule has 0 aliphatic rings. The summed E-state index contributed by atoms with van der Waals surface area (Å²) in [6, 6.07) is 0.